The zero-order valence-corrected chi connectivity index (χ0v) is 18.7. The molecule has 1 unspecified atom stereocenters. The average molecular weight is 441 g/mol. The Bertz CT molecular complexity index is 1160. The largest absolute Gasteiger partial charge is 0.365 e. The molecule has 4 nitrogen and oxygen atoms in total. The van der Waals surface area contributed by atoms with Gasteiger partial charge in [-0.2, -0.15) is 0 Å². The lowest BCUT2D eigenvalue weighted by Crippen LogP contribution is -2.48. The van der Waals surface area contributed by atoms with E-state index in [1.165, 1.54) is 5.56 Å². The Kier molecular flexibility index (Phi) is 5.87. The van der Waals surface area contributed by atoms with Gasteiger partial charge in [0.15, 0.2) is 0 Å². The Balaban J connectivity index is 1.64. The van der Waals surface area contributed by atoms with Crippen LogP contribution in [-0.2, 0) is 23.0 Å². The molecule has 1 heterocycles. The number of hydrogen-bond donors (Lipinski definition) is 1. The maximum Gasteiger partial charge on any atom is 0.241 e. The van der Waals surface area contributed by atoms with Crippen LogP contribution in [0.5, 0.6) is 0 Å². The molecule has 3 aromatic rings. The van der Waals surface area contributed by atoms with Gasteiger partial charge in [-0.1, -0.05) is 54.1 Å². The van der Waals surface area contributed by atoms with Crippen molar-refractivity contribution in [1.82, 2.24) is 4.72 Å². The molecule has 0 fully saturated rings. The van der Waals surface area contributed by atoms with Gasteiger partial charge < -0.3 is 4.90 Å². The van der Waals surface area contributed by atoms with Crippen molar-refractivity contribution in [2.24, 2.45) is 0 Å². The minimum atomic E-state index is -3.63. The molecule has 3 aromatic carbocycles. The molecule has 6 heteroatoms. The Morgan fingerprint density at radius 2 is 1.80 bits per heavy atom. The van der Waals surface area contributed by atoms with Crippen molar-refractivity contribution in [3.63, 3.8) is 0 Å². The summed E-state index contributed by atoms with van der Waals surface area (Å²) in [6.07, 6.45) is 0.602. The standard InChI is InChI=1S/C24H25ClN2O2S/c1-17-8-9-18(2)24(12-17)30(28,29)26-22-14-20-13-21(25)10-11-23(20)27(16-22)15-19-6-4-3-5-7-19/h3-13,22,26H,14-16H2,1-2H3. The monoisotopic (exact) mass is 440 g/mol. The van der Waals surface area contributed by atoms with E-state index in [9.17, 15) is 8.42 Å². The first-order valence-corrected chi connectivity index (χ1v) is 11.8. The van der Waals surface area contributed by atoms with E-state index in [0.717, 1.165) is 22.4 Å². The van der Waals surface area contributed by atoms with Crippen LogP contribution in [0.2, 0.25) is 5.02 Å². The zero-order valence-electron chi connectivity index (χ0n) is 17.1. The van der Waals surface area contributed by atoms with Gasteiger partial charge in [-0.05, 0) is 66.8 Å². The van der Waals surface area contributed by atoms with E-state index >= 15 is 0 Å². The van der Waals surface area contributed by atoms with Gasteiger partial charge in [0, 0.05) is 29.8 Å². The number of aryl methyl sites for hydroxylation is 2. The van der Waals surface area contributed by atoms with Gasteiger partial charge in [0.05, 0.1) is 4.90 Å². The average Bonchev–Trinajstić information content (AvgIpc) is 2.70. The summed E-state index contributed by atoms with van der Waals surface area (Å²) in [6.45, 7) is 5.02. The molecule has 1 aliphatic rings. The first-order valence-electron chi connectivity index (χ1n) is 9.99. The molecule has 4 rings (SSSR count). The summed E-state index contributed by atoms with van der Waals surface area (Å²) in [5.74, 6) is 0. The first kappa shape index (κ1) is 20.9. The van der Waals surface area contributed by atoms with Crippen LogP contribution < -0.4 is 9.62 Å². The maximum absolute atomic E-state index is 13.2. The van der Waals surface area contributed by atoms with Crippen LogP contribution in [0.4, 0.5) is 5.69 Å². The van der Waals surface area contributed by atoms with Crippen LogP contribution in [0, 0.1) is 13.8 Å². The molecule has 0 amide bonds. The van der Waals surface area contributed by atoms with E-state index < -0.39 is 10.0 Å². The molecule has 1 atom stereocenters. The molecular formula is C24H25ClN2O2S. The van der Waals surface area contributed by atoms with Crippen molar-refractivity contribution >= 4 is 27.3 Å². The van der Waals surface area contributed by atoms with Gasteiger partial charge in [-0.3, -0.25) is 0 Å². The van der Waals surface area contributed by atoms with E-state index in [0.29, 0.717) is 29.4 Å². The fourth-order valence-corrected chi connectivity index (χ4v) is 5.78. The number of anilines is 1. The van der Waals surface area contributed by atoms with E-state index in [1.54, 1.807) is 6.07 Å². The highest BCUT2D eigenvalue weighted by molar-refractivity contribution is 7.89. The number of nitrogens with one attached hydrogen (secondary N) is 1. The SMILES string of the molecule is Cc1ccc(C)c(S(=O)(=O)NC2Cc3cc(Cl)ccc3N(Cc3ccccc3)C2)c1. The summed E-state index contributed by atoms with van der Waals surface area (Å²) in [5.41, 5.74) is 5.00. The van der Waals surface area contributed by atoms with Crippen LogP contribution in [0.25, 0.3) is 0 Å². The smallest absolute Gasteiger partial charge is 0.241 e. The van der Waals surface area contributed by atoms with Gasteiger partial charge in [0.1, 0.15) is 0 Å². The quantitative estimate of drug-likeness (QED) is 0.616. The Labute approximate surface area is 183 Å². The second-order valence-electron chi connectivity index (χ2n) is 7.93. The van der Waals surface area contributed by atoms with Crippen LogP contribution in [0.1, 0.15) is 22.3 Å². The second-order valence-corrected chi connectivity index (χ2v) is 10.0. The number of rotatable bonds is 5. The first-order chi connectivity index (χ1) is 14.3. The molecule has 0 saturated carbocycles. The van der Waals surface area contributed by atoms with Crippen molar-refractivity contribution in [3.05, 3.63) is 94.0 Å². The number of halogens is 1. The minimum absolute atomic E-state index is 0.246. The highest BCUT2D eigenvalue weighted by Gasteiger charge is 2.29. The van der Waals surface area contributed by atoms with Crippen LogP contribution >= 0.6 is 11.6 Å². The molecule has 1 aliphatic heterocycles. The van der Waals surface area contributed by atoms with Crippen LogP contribution in [0.3, 0.4) is 0 Å². The van der Waals surface area contributed by atoms with Gasteiger partial charge >= 0.3 is 0 Å². The molecule has 30 heavy (non-hydrogen) atoms. The molecule has 0 aromatic heterocycles. The maximum atomic E-state index is 13.2. The molecular weight excluding hydrogens is 416 g/mol. The highest BCUT2D eigenvalue weighted by Crippen LogP contribution is 2.31. The fourth-order valence-electron chi connectivity index (χ4n) is 4.03. The van der Waals surface area contributed by atoms with E-state index in [4.69, 9.17) is 11.6 Å². The molecule has 0 spiro atoms. The van der Waals surface area contributed by atoms with Crippen molar-refractivity contribution in [2.75, 3.05) is 11.4 Å². The third-order valence-electron chi connectivity index (χ3n) is 5.46. The molecule has 1 N–H and O–H groups in total. The number of fused-ring (bicyclic) bond motifs is 1. The van der Waals surface area contributed by atoms with Gasteiger partial charge in [0.2, 0.25) is 10.0 Å². The fraction of sp³-hybridized carbons (Fsp3) is 0.250. The predicted molar refractivity (Wildman–Crippen MR) is 123 cm³/mol. The zero-order chi connectivity index (χ0) is 21.3. The van der Waals surface area contributed by atoms with Crippen LogP contribution in [-0.4, -0.2) is 21.0 Å². The van der Waals surface area contributed by atoms with Gasteiger partial charge in [-0.15, -0.1) is 0 Å². The third kappa shape index (κ3) is 4.53. The summed E-state index contributed by atoms with van der Waals surface area (Å²) in [5, 5.41) is 0.659. The number of sulfonamides is 1. The second kappa shape index (κ2) is 8.42. The molecule has 0 saturated heterocycles. The Hall–Kier alpha value is -2.34. The third-order valence-corrected chi connectivity index (χ3v) is 7.36. The molecule has 0 bridgehead atoms. The lowest BCUT2D eigenvalue weighted by atomic mass is 9.98. The number of benzene rings is 3. The van der Waals surface area contributed by atoms with E-state index in [2.05, 4.69) is 21.8 Å². The van der Waals surface area contributed by atoms with Crippen LogP contribution in [0.15, 0.2) is 71.6 Å². The Morgan fingerprint density at radius 1 is 1.03 bits per heavy atom. The van der Waals surface area contributed by atoms with E-state index in [1.807, 2.05) is 62.4 Å². The van der Waals surface area contributed by atoms with E-state index in [-0.39, 0.29) is 6.04 Å². The lowest BCUT2D eigenvalue weighted by Gasteiger charge is -2.36. The molecule has 0 radical (unpaired) electrons. The van der Waals surface area contributed by atoms with Gasteiger partial charge in [0.25, 0.3) is 0 Å². The summed E-state index contributed by atoms with van der Waals surface area (Å²) in [7, 11) is -3.63. The normalized spacial score (nSPS) is 16.4. The molecule has 0 aliphatic carbocycles. The van der Waals surface area contributed by atoms with Crippen molar-refractivity contribution in [1.29, 1.82) is 0 Å². The summed E-state index contributed by atoms with van der Waals surface area (Å²) < 4.78 is 29.3. The highest BCUT2D eigenvalue weighted by atomic mass is 35.5. The predicted octanol–water partition coefficient (Wildman–Crippen LogP) is 4.87. The minimum Gasteiger partial charge on any atom is -0.365 e. The Morgan fingerprint density at radius 3 is 2.57 bits per heavy atom. The van der Waals surface area contributed by atoms with Crippen molar-refractivity contribution in [3.8, 4) is 0 Å². The molecule has 156 valence electrons. The summed E-state index contributed by atoms with van der Waals surface area (Å²) in [4.78, 5) is 2.56. The summed E-state index contributed by atoms with van der Waals surface area (Å²) in [6, 6.07) is 21.3. The lowest BCUT2D eigenvalue weighted by molar-refractivity contribution is 0.524. The number of hydrogen-bond acceptors (Lipinski definition) is 3. The topological polar surface area (TPSA) is 49.4 Å². The summed E-state index contributed by atoms with van der Waals surface area (Å²) >= 11 is 6.24. The van der Waals surface area contributed by atoms with Crippen molar-refractivity contribution in [2.45, 2.75) is 37.8 Å². The van der Waals surface area contributed by atoms with Crippen molar-refractivity contribution < 1.29 is 8.42 Å². The number of nitrogens with zero attached hydrogens (tertiary/aromatic N) is 1. The van der Waals surface area contributed by atoms with Gasteiger partial charge in [-0.25, -0.2) is 13.1 Å².